The number of fused-ring (bicyclic) bond motifs is 1. The van der Waals surface area contributed by atoms with Crippen LogP contribution in [0.1, 0.15) is 15.4 Å². The van der Waals surface area contributed by atoms with E-state index in [2.05, 4.69) is 0 Å². The van der Waals surface area contributed by atoms with Crippen molar-refractivity contribution < 1.29 is 9.21 Å². The zero-order valence-corrected chi connectivity index (χ0v) is 11.3. The molecule has 18 heavy (non-hydrogen) atoms. The Bertz CT molecular complexity index is 742. The first-order valence-corrected chi connectivity index (χ1v) is 6.76. The molecule has 0 radical (unpaired) electrons. The lowest BCUT2D eigenvalue weighted by atomic mass is 10.2. The summed E-state index contributed by atoms with van der Waals surface area (Å²) < 4.78 is 5.51. The van der Waals surface area contributed by atoms with Gasteiger partial charge >= 0.3 is 0 Å². The zero-order valence-electron chi connectivity index (χ0n) is 8.94. The molecule has 0 atom stereocenters. The third-order valence-corrected chi connectivity index (χ3v) is 4.18. The van der Waals surface area contributed by atoms with Crippen LogP contribution in [-0.2, 0) is 0 Å². The molecular formula is C13H6Cl2O2S. The van der Waals surface area contributed by atoms with Crippen molar-refractivity contribution in [2.75, 3.05) is 0 Å². The summed E-state index contributed by atoms with van der Waals surface area (Å²) in [4.78, 5) is 12.7. The molecule has 90 valence electrons. The van der Waals surface area contributed by atoms with E-state index < -0.39 is 0 Å². The van der Waals surface area contributed by atoms with Crippen LogP contribution in [0.25, 0.3) is 11.0 Å². The molecule has 2 nitrogen and oxygen atoms in total. The second-order valence-electron chi connectivity index (χ2n) is 3.70. The van der Waals surface area contributed by atoms with Crippen LogP contribution in [0, 0.1) is 0 Å². The molecule has 0 fully saturated rings. The second-order valence-corrected chi connectivity index (χ2v) is 5.43. The molecule has 0 unspecified atom stereocenters. The average Bonchev–Trinajstić information content (AvgIpc) is 2.95. The summed E-state index contributed by atoms with van der Waals surface area (Å²) in [5.74, 6) is 0.0321. The Balaban J connectivity index is 2.13. The molecule has 2 heterocycles. The largest absolute Gasteiger partial charge is 0.451 e. The van der Waals surface area contributed by atoms with Crippen LogP contribution in [0.5, 0.6) is 0 Å². The standard InChI is InChI=1S/C13H6Cl2O2S/c14-8-3-1-2-7-6-10(17-12(7)8)11(16)13-9(15)4-5-18-13/h1-6H. The predicted octanol–water partition coefficient (Wildman–Crippen LogP) is 5.03. The second kappa shape index (κ2) is 4.43. The number of rotatable bonds is 2. The third-order valence-electron chi connectivity index (χ3n) is 2.54. The van der Waals surface area contributed by atoms with Gasteiger partial charge in [-0.3, -0.25) is 4.79 Å². The molecule has 0 spiro atoms. The maximum atomic E-state index is 12.2. The van der Waals surface area contributed by atoms with Crippen LogP contribution < -0.4 is 0 Å². The summed E-state index contributed by atoms with van der Waals surface area (Å²) in [5.41, 5.74) is 0.523. The van der Waals surface area contributed by atoms with Gasteiger partial charge in [0, 0.05) is 5.39 Å². The van der Waals surface area contributed by atoms with E-state index in [0.717, 1.165) is 5.39 Å². The highest BCUT2D eigenvalue weighted by atomic mass is 35.5. The Hall–Kier alpha value is -1.29. The first kappa shape index (κ1) is 11.8. The van der Waals surface area contributed by atoms with E-state index >= 15 is 0 Å². The average molecular weight is 297 g/mol. The molecular weight excluding hydrogens is 291 g/mol. The van der Waals surface area contributed by atoms with Gasteiger partial charge in [-0.2, -0.15) is 0 Å². The first-order chi connectivity index (χ1) is 8.66. The molecule has 5 heteroatoms. The van der Waals surface area contributed by atoms with Gasteiger partial charge in [0.1, 0.15) is 0 Å². The van der Waals surface area contributed by atoms with Gasteiger partial charge in [0.05, 0.1) is 14.9 Å². The molecule has 0 bridgehead atoms. The number of carbonyl (C=O) groups excluding carboxylic acids is 1. The normalized spacial score (nSPS) is 11.0. The van der Waals surface area contributed by atoms with Crippen molar-refractivity contribution in [2.24, 2.45) is 0 Å². The highest BCUT2D eigenvalue weighted by Crippen LogP contribution is 2.30. The highest BCUT2D eigenvalue weighted by Gasteiger charge is 2.19. The Kier molecular flexibility index (Phi) is 2.90. The van der Waals surface area contributed by atoms with Gasteiger partial charge in [0.25, 0.3) is 0 Å². The number of hydrogen-bond acceptors (Lipinski definition) is 3. The molecule has 0 saturated heterocycles. The topological polar surface area (TPSA) is 30.2 Å². The molecule has 0 amide bonds. The fourth-order valence-electron chi connectivity index (χ4n) is 1.71. The first-order valence-electron chi connectivity index (χ1n) is 5.12. The van der Waals surface area contributed by atoms with Crippen LogP contribution in [0.15, 0.2) is 40.1 Å². The Morgan fingerprint density at radius 3 is 2.67 bits per heavy atom. The summed E-state index contributed by atoms with van der Waals surface area (Å²) in [6.07, 6.45) is 0. The van der Waals surface area contributed by atoms with E-state index in [1.54, 1.807) is 23.6 Å². The highest BCUT2D eigenvalue weighted by molar-refractivity contribution is 7.13. The van der Waals surface area contributed by atoms with Crippen LogP contribution >= 0.6 is 34.5 Å². The number of thiophene rings is 1. The summed E-state index contributed by atoms with van der Waals surface area (Å²) in [5, 5.41) is 3.50. The van der Waals surface area contributed by atoms with Gasteiger partial charge in [-0.05, 0) is 23.6 Å². The van der Waals surface area contributed by atoms with Crippen molar-refractivity contribution in [1.29, 1.82) is 0 Å². The Morgan fingerprint density at radius 2 is 2.00 bits per heavy atom. The lowest BCUT2D eigenvalue weighted by Gasteiger charge is -1.93. The molecule has 0 N–H and O–H groups in total. The van der Waals surface area contributed by atoms with Gasteiger partial charge in [0.15, 0.2) is 11.3 Å². The van der Waals surface area contributed by atoms with Gasteiger partial charge in [-0.15, -0.1) is 11.3 Å². The summed E-state index contributed by atoms with van der Waals surface area (Å²) in [7, 11) is 0. The van der Waals surface area contributed by atoms with Crippen LogP contribution in [0.2, 0.25) is 10.0 Å². The maximum absolute atomic E-state index is 12.2. The molecule has 3 aromatic rings. The zero-order chi connectivity index (χ0) is 12.7. The molecule has 3 rings (SSSR count). The molecule has 0 saturated carbocycles. The lowest BCUT2D eigenvalue weighted by Crippen LogP contribution is -1.96. The number of carbonyl (C=O) groups is 1. The lowest BCUT2D eigenvalue weighted by molar-refractivity contribution is 0.101. The number of benzene rings is 1. The minimum atomic E-state index is -0.220. The number of furan rings is 1. The number of hydrogen-bond donors (Lipinski definition) is 0. The van der Waals surface area contributed by atoms with Crippen LogP contribution in [0.3, 0.4) is 0 Å². The fraction of sp³-hybridized carbons (Fsp3) is 0. The van der Waals surface area contributed by atoms with Crippen molar-refractivity contribution in [3.63, 3.8) is 0 Å². The van der Waals surface area contributed by atoms with E-state index in [9.17, 15) is 4.79 Å². The minimum absolute atomic E-state index is 0.220. The van der Waals surface area contributed by atoms with E-state index in [1.807, 2.05) is 12.1 Å². The van der Waals surface area contributed by atoms with Gasteiger partial charge in [0.2, 0.25) is 5.78 Å². The van der Waals surface area contributed by atoms with Crippen molar-refractivity contribution in [3.8, 4) is 0 Å². The van der Waals surface area contributed by atoms with E-state index in [0.29, 0.717) is 20.5 Å². The summed E-state index contributed by atoms with van der Waals surface area (Å²) >= 11 is 13.2. The molecule has 0 aliphatic rings. The van der Waals surface area contributed by atoms with Crippen molar-refractivity contribution in [2.45, 2.75) is 0 Å². The van der Waals surface area contributed by atoms with Crippen molar-refractivity contribution in [1.82, 2.24) is 0 Å². The van der Waals surface area contributed by atoms with E-state index in [1.165, 1.54) is 11.3 Å². The van der Waals surface area contributed by atoms with Gasteiger partial charge in [-0.1, -0.05) is 35.3 Å². The van der Waals surface area contributed by atoms with Crippen LogP contribution in [-0.4, -0.2) is 5.78 Å². The minimum Gasteiger partial charge on any atom is -0.451 e. The fourth-order valence-corrected chi connectivity index (χ4v) is 3.01. The van der Waals surface area contributed by atoms with E-state index in [4.69, 9.17) is 27.6 Å². The Labute approximate surface area is 117 Å². The monoisotopic (exact) mass is 296 g/mol. The number of para-hydroxylation sites is 1. The van der Waals surface area contributed by atoms with Gasteiger partial charge < -0.3 is 4.42 Å². The van der Waals surface area contributed by atoms with Crippen LogP contribution in [0.4, 0.5) is 0 Å². The third kappa shape index (κ3) is 1.85. The van der Waals surface area contributed by atoms with E-state index in [-0.39, 0.29) is 11.5 Å². The number of ketones is 1. The van der Waals surface area contributed by atoms with Crippen molar-refractivity contribution >= 4 is 51.3 Å². The molecule has 0 aliphatic carbocycles. The molecule has 1 aromatic carbocycles. The SMILES string of the molecule is O=C(c1cc2cccc(Cl)c2o1)c1sccc1Cl. The molecule has 0 aliphatic heterocycles. The molecule has 2 aromatic heterocycles. The summed E-state index contributed by atoms with van der Waals surface area (Å²) in [6, 6.07) is 8.75. The van der Waals surface area contributed by atoms with Gasteiger partial charge in [-0.25, -0.2) is 0 Å². The smallest absolute Gasteiger partial charge is 0.239 e. The maximum Gasteiger partial charge on any atom is 0.239 e. The Morgan fingerprint density at radius 1 is 1.17 bits per heavy atom. The van der Waals surface area contributed by atoms with Crippen molar-refractivity contribution in [3.05, 3.63) is 56.4 Å². The summed E-state index contributed by atoms with van der Waals surface area (Å²) in [6.45, 7) is 0. The number of halogens is 2. The quantitative estimate of drug-likeness (QED) is 0.621. The predicted molar refractivity (Wildman–Crippen MR) is 74.0 cm³/mol.